The molecular formula is C20H22N6O2. The van der Waals surface area contributed by atoms with Crippen LogP contribution in [0.4, 0.5) is 0 Å². The number of aryl methyl sites for hydroxylation is 1. The van der Waals surface area contributed by atoms with E-state index in [-0.39, 0.29) is 11.8 Å². The third-order valence-corrected chi connectivity index (χ3v) is 4.80. The Morgan fingerprint density at radius 3 is 2.64 bits per heavy atom. The predicted molar refractivity (Wildman–Crippen MR) is 102 cm³/mol. The molecule has 0 bridgehead atoms. The molecule has 0 saturated carbocycles. The van der Waals surface area contributed by atoms with Gasteiger partial charge in [-0.2, -0.15) is 10.2 Å². The van der Waals surface area contributed by atoms with Gasteiger partial charge in [-0.05, 0) is 24.6 Å². The van der Waals surface area contributed by atoms with Gasteiger partial charge in [0.25, 0.3) is 11.8 Å². The summed E-state index contributed by atoms with van der Waals surface area (Å²) in [5.41, 5.74) is 2.69. The lowest BCUT2D eigenvalue weighted by Crippen LogP contribution is -2.38. The van der Waals surface area contributed by atoms with Crippen LogP contribution in [0.5, 0.6) is 0 Å². The summed E-state index contributed by atoms with van der Waals surface area (Å²) in [6.07, 6.45) is 1.80. The lowest BCUT2D eigenvalue weighted by molar-refractivity contribution is 0.0698. The Kier molecular flexibility index (Phi) is 4.92. The van der Waals surface area contributed by atoms with Gasteiger partial charge < -0.3 is 10.2 Å². The summed E-state index contributed by atoms with van der Waals surface area (Å²) in [6, 6.07) is 13.2. The lowest BCUT2D eigenvalue weighted by Gasteiger charge is -2.26. The number of benzene rings is 1. The van der Waals surface area contributed by atoms with Gasteiger partial charge in [0.15, 0.2) is 5.69 Å². The van der Waals surface area contributed by atoms with Gasteiger partial charge >= 0.3 is 0 Å². The van der Waals surface area contributed by atoms with E-state index >= 15 is 0 Å². The number of fused-ring (bicyclic) bond motifs is 1. The van der Waals surface area contributed by atoms with E-state index in [2.05, 4.69) is 15.5 Å². The van der Waals surface area contributed by atoms with Crippen LogP contribution in [0.3, 0.4) is 0 Å². The fourth-order valence-corrected chi connectivity index (χ4v) is 3.23. The van der Waals surface area contributed by atoms with E-state index in [1.54, 1.807) is 32.6 Å². The minimum Gasteiger partial charge on any atom is -0.347 e. The molecule has 1 N–H and O–H groups in total. The van der Waals surface area contributed by atoms with Crippen molar-refractivity contribution in [1.82, 2.24) is 29.8 Å². The molecule has 1 aromatic carbocycles. The summed E-state index contributed by atoms with van der Waals surface area (Å²) in [6.45, 7) is 4.66. The van der Waals surface area contributed by atoms with Gasteiger partial charge in [0.1, 0.15) is 5.69 Å². The second-order valence-electron chi connectivity index (χ2n) is 6.70. The van der Waals surface area contributed by atoms with E-state index in [1.165, 1.54) is 0 Å². The average Bonchev–Trinajstić information content (AvgIpc) is 3.38. The molecule has 144 valence electrons. The Bertz CT molecular complexity index is 991. The maximum atomic E-state index is 12.7. The molecule has 1 aliphatic heterocycles. The lowest BCUT2D eigenvalue weighted by atomic mass is 10.2. The number of carbonyl (C=O) groups excluding carboxylic acids is 2. The molecule has 0 atom stereocenters. The molecule has 28 heavy (non-hydrogen) atoms. The fraction of sp³-hybridized carbons (Fsp3) is 0.300. The quantitative estimate of drug-likeness (QED) is 0.732. The molecule has 4 rings (SSSR count). The van der Waals surface area contributed by atoms with Gasteiger partial charge in [-0.3, -0.25) is 19.0 Å². The van der Waals surface area contributed by atoms with Gasteiger partial charge in [-0.25, -0.2) is 0 Å². The summed E-state index contributed by atoms with van der Waals surface area (Å²) >= 11 is 0. The van der Waals surface area contributed by atoms with Gasteiger partial charge in [-0.15, -0.1) is 0 Å². The highest BCUT2D eigenvalue weighted by atomic mass is 16.2. The van der Waals surface area contributed by atoms with Gasteiger partial charge in [0.2, 0.25) is 0 Å². The predicted octanol–water partition coefficient (Wildman–Crippen LogP) is 1.69. The van der Waals surface area contributed by atoms with E-state index in [1.807, 2.05) is 37.3 Å². The fourth-order valence-electron chi connectivity index (χ4n) is 3.23. The smallest absolute Gasteiger partial charge is 0.274 e. The number of hydrogen-bond donors (Lipinski definition) is 1. The van der Waals surface area contributed by atoms with Crippen LogP contribution in [0.2, 0.25) is 0 Å². The maximum absolute atomic E-state index is 12.7. The molecule has 1 aliphatic rings. The molecule has 8 nitrogen and oxygen atoms in total. The van der Waals surface area contributed by atoms with Crippen LogP contribution in [0.25, 0.3) is 0 Å². The topological polar surface area (TPSA) is 85.0 Å². The summed E-state index contributed by atoms with van der Waals surface area (Å²) in [4.78, 5) is 26.8. The van der Waals surface area contributed by atoms with Crippen LogP contribution in [0.1, 0.15) is 39.2 Å². The maximum Gasteiger partial charge on any atom is 0.274 e. The van der Waals surface area contributed by atoms with E-state index < -0.39 is 0 Å². The van der Waals surface area contributed by atoms with E-state index in [0.29, 0.717) is 37.6 Å². The summed E-state index contributed by atoms with van der Waals surface area (Å²) in [5.74, 6) is -0.319. The first-order valence-electron chi connectivity index (χ1n) is 9.35. The molecule has 8 heteroatoms. The number of rotatable bonds is 5. The monoisotopic (exact) mass is 378 g/mol. The Balaban J connectivity index is 1.41. The van der Waals surface area contributed by atoms with Crippen molar-refractivity contribution >= 4 is 11.8 Å². The largest absolute Gasteiger partial charge is 0.347 e. The van der Waals surface area contributed by atoms with Crippen molar-refractivity contribution in [3.63, 3.8) is 0 Å². The molecule has 2 amide bonds. The number of nitrogens with one attached hydrogen (secondary N) is 1. The van der Waals surface area contributed by atoms with Crippen molar-refractivity contribution < 1.29 is 9.59 Å². The van der Waals surface area contributed by atoms with Crippen LogP contribution >= 0.6 is 0 Å². The molecule has 0 unspecified atom stereocenters. The molecule has 0 radical (unpaired) electrons. The van der Waals surface area contributed by atoms with Gasteiger partial charge in [-0.1, -0.05) is 30.3 Å². The van der Waals surface area contributed by atoms with Gasteiger partial charge in [0.05, 0.1) is 18.8 Å². The molecule has 0 spiro atoms. The molecular weight excluding hydrogens is 356 g/mol. The van der Waals surface area contributed by atoms with Crippen LogP contribution in [0.15, 0.2) is 48.7 Å². The zero-order valence-electron chi connectivity index (χ0n) is 15.7. The van der Waals surface area contributed by atoms with E-state index in [9.17, 15) is 9.59 Å². The third-order valence-electron chi connectivity index (χ3n) is 4.80. The number of nitrogens with zero attached hydrogens (tertiary/aromatic N) is 5. The number of amides is 2. The summed E-state index contributed by atoms with van der Waals surface area (Å²) in [5, 5.41) is 11.6. The first-order valence-corrected chi connectivity index (χ1v) is 9.35. The number of carbonyl (C=O) groups is 2. The van der Waals surface area contributed by atoms with E-state index in [4.69, 9.17) is 0 Å². The van der Waals surface area contributed by atoms with Crippen LogP contribution in [-0.4, -0.2) is 42.8 Å². The van der Waals surface area contributed by atoms with Crippen LogP contribution < -0.4 is 5.32 Å². The zero-order valence-corrected chi connectivity index (χ0v) is 15.7. The molecule has 2 aromatic heterocycles. The summed E-state index contributed by atoms with van der Waals surface area (Å²) in [7, 11) is 0. The normalized spacial score (nSPS) is 13.2. The van der Waals surface area contributed by atoms with Crippen molar-refractivity contribution in [3.8, 4) is 0 Å². The molecule has 0 aliphatic carbocycles. The zero-order chi connectivity index (χ0) is 19.5. The SMILES string of the molecule is CCn1ccc(C(=O)N2CCn3nc(C(=O)NCc4ccccc4)cc3C2)n1. The van der Waals surface area contributed by atoms with Crippen molar-refractivity contribution in [2.45, 2.75) is 33.1 Å². The Morgan fingerprint density at radius 1 is 1.07 bits per heavy atom. The Labute approximate surface area is 162 Å². The minimum atomic E-state index is -0.217. The summed E-state index contributed by atoms with van der Waals surface area (Å²) < 4.78 is 3.53. The van der Waals surface area contributed by atoms with Crippen LogP contribution in [0, 0.1) is 0 Å². The van der Waals surface area contributed by atoms with Gasteiger partial charge in [0, 0.05) is 25.8 Å². The second kappa shape index (κ2) is 7.67. The van der Waals surface area contributed by atoms with E-state index in [0.717, 1.165) is 17.8 Å². The standard InChI is InChI=1S/C20H22N6O2/c1-2-25-9-8-17(22-25)20(28)24-10-11-26-16(14-24)12-18(23-26)19(27)21-13-15-6-4-3-5-7-15/h3-9,12H,2,10-11,13-14H2,1H3,(H,21,27). The Hall–Kier alpha value is -3.42. The van der Waals surface area contributed by atoms with Crippen LogP contribution in [-0.2, 0) is 26.2 Å². The first kappa shape index (κ1) is 18.0. The minimum absolute atomic E-state index is 0.102. The highest BCUT2D eigenvalue weighted by molar-refractivity contribution is 5.93. The molecule has 3 aromatic rings. The van der Waals surface area contributed by atoms with Crippen molar-refractivity contribution in [2.75, 3.05) is 6.54 Å². The number of hydrogen-bond acceptors (Lipinski definition) is 4. The second-order valence-corrected chi connectivity index (χ2v) is 6.70. The van der Waals surface area contributed by atoms with Crippen molar-refractivity contribution in [2.24, 2.45) is 0 Å². The average molecular weight is 378 g/mol. The third kappa shape index (κ3) is 3.66. The highest BCUT2D eigenvalue weighted by Crippen LogP contribution is 2.16. The molecule has 3 heterocycles. The number of aromatic nitrogens is 4. The molecule has 0 saturated heterocycles. The Morgan fingerprint density at radius 2 is 1.89 bits per heavy atom. The first-order chi connectivity index (χ1) is 13.6. The highest BCUT2D eigenvalue weighted by Gasteiger charge is 2.25. The molecule has 0 fully saturated rings. The van der Waals surface area contributed by atoms with Crippen molar-refractivity contribution in [3.05, 3.63) is 71.3 Å². The van der Waals surface area contributed by atoms with Crippen molar-refractivity contribution in [1.29, 1.82) is 0 Å².